The van der Waals surface area contributed by atoms with Gasteiger partial charge in [0.2, 0.25) is 0 Å². The van der Waals surface area contributed by atoms with Gasteiger partial charge in [-0.05, 0) is 51.8 Å². The van der Waals surface area contributed by atoms with Crippen LogP contribution in [0, 0.1) is 17.1 Å². The van der Waals surface area contributed by atoms with E-state index >= 15 is 0 Å². The molecule has 2 aromatic heterocycles. The van der Waals surface area contributed by atoms with E-state index in [1.165, 1.54) is 12.3 Å². The second-order valence-corrected chi connectivity index (χ2v) is 9.68. The van der Waals surface area contributed by atoms with E-state index in [2.05, 4.69) is 21.4 Å². The van der Waals surface area contributed by atoms with Gasteiger partial charge >= 0.3 is 6.09 Å². The summed E-state index contributed by atoms with van der Waals surface area (Å²) in [7, 11) is 0. The highest BCUT2D eigenvalue weighted by Gasteiger charge is 2.29. The first-order chi connectivity index (χ1) is 16.2. The zero-order chi connectivity index (χ0) is 24.5. The largest absolute Gasteiger partial charge is 0.444 e. The lowest BCUT2D eigenvalue weighted by atomic mass is 9.93. The number of aromatic nitrogens is 2. The molecule has 1 fully saturated rings. The average Bonchev–Trinajstić information content (AvgIpc) is 2.81. The Balaban J connectivity index is 1.69. The number of ether oxygens (including phenoxy) is 1. The highest BCUT2D eigenvalue weighted by Crippen LogP contribution is 2.34. The molecule has 3 heterocycles. The normalized spacial score (nSPS) is 16.2. The third-order valence-electron chi connectivity index (χ3n) is 5.60. The van der Waals surface area contributed by atoms with Crippen LogP contribution in [0.4, 0.5) is 20.6 Å². The summed E-state index contributed by atoms with van der Waals surface area (Å²) in [4.78, 5) is 23.2. The number of piperidine rings is 1. The zero-order valence-electron chi connectivity index (χ0n) is 19.2. The van der Waals surface area contributed by atoms with Gasteiger partial charge in [-0.3, -0.25) is 9.97 Å². The van der Waals surface area contributed by atoms with Crippen molar-refractivity contribution >= 4 is 40.0 Å². The molecule has 1 saturated heterocycles. The quantitative estimate of drug-likeness (QED) is 0.482. The second kappa shape index (κ2) is 9.43. The van der Waals surface area contributed by atoms with Crippen LogP contribution in [-0.4, -0.2) is 39.7 Å². The van der Waals surface area contributed by atoms with E-state index in [-0.39, 0.29) is 28.3 Å². The van der Waals surface area contributed by atoms with Crippen molar-refractivity contribution in [1.29, 1.82) is 5.26 Å². The molecule has 9 heteroatoms. The first-order valence-electron chi connectivity index (χ1n) is 11.0. The van der Waals surface area contributed by atoms with Crippen molar-refractivity contribution in [3.8, 4) is 6.07 Å². The molecule has 7 nitrogen and oxygen atoms in total. The van der Waals surface area contributed by atoms with Crippen LogP contribution in [0.2, 0.25) is 5.02 Å². The molecule has 0 spiro atoms. The van der Waals surface area contributed by atoms with Gasteiger partial charge in [-0.1, -0.05) is 17.7 Å². The number of nitrogens with zero attached hydrogens (tertiary/aromatic N) is 4. The van der Waals surface area contributed by atoms with Gasteiger partial charge in [0.1, 0.15) is 11.7 Å². The highest BCUT2D eigenvalue weighted by atomic mass is 35.5. The number of rotatable bonds is 3. The molecule has 0 saturated carbocycles. The van der Waals surface area contributed by atoms with Crippen molar-refractivity contribution in [1.82, 2.24) is 14.9 Å². The van der Waals surface area contributed by atoms with Gasteiger partial charge in [0.05, 0.1) is 33.7 Å². The van der Waals surface area contributed by atoms with Crippen LogP contribution in [0.15, 0.2) is 36.7 Å². The lowest BCUT2D eigenvalue weighted by Crippen LogP contribution is -2.42. The molecule has 1 aromatic carbocycles. The van der Waals surface area contributed by atoms with Crippen molar-refractivity contribution in [3.63, 3.8) is 0 Å². The predicted molar refractivity (Wildman–Crippen MR) is 129 cm³/mol. The minimum atomic E-state index is -0.604. The van der Waals surface area contributed by atoms with Crippen LogP contribution in [0.3, 0.4) is 0 Å². The van der Waals surface area contributed by atoms with Crippen LogP contribution < -0.4 is 5.32 Å². The summed E-state index contributed by atoms with van der Waals surface area (Å²) in [6, 6.07) is 8.61. The number of fused-ring (bicyclic) bond motifs is 1. The number of hydrogen-bond acceptors (Lipinski definition) is 6. The maximum Gasteiger partial charge on any atom is 0.410 e. The summed E-state index contributed by atoms with van der Waals surface area (Å²) in [5, 5.41) is 13.3. The average molecular weight is 482 g/mol. The molecule has 4 rings (SSSR count). The maximum absolute atomic E-state index is 14.6. The van der Waals surface area contributed by atoms with Gasteiger partial charge in [-0.2, -0.15) is 5.26 Å². The number of carbonyl (C=O) groups is 1. The highest BCUT2D eigenvalue weighted by molar-refractivity contribution is 6.31. The number of halogens is 2. The van der Waals surface area contributed by atoms with E-state index in [0.29, 0.717) is 29.7 Å². The number of nitrogens with one attached hydrogen (secondary N) is 1. The van der Waals surface area contributed by atoms with Crippen LogP contribution >= 0.6 is 11.6 Å². The fraction of sp³-hybridized carbons (Fsp3) is 0.360. The minimum Gasteiger partial charge on any atom is -0.444 e. The van der Waals surface area contributed by atoms with Crippen molar-refractivity contribution in [2.75, 3.05) is 18.4 Å². The Bertz CT molecular complexity index is 1280. The summed E-state index contributed by atoms with van der Waals surface area (Å²) >= 11 is 5.93. The first kappa shape index (κ1) is 23.7. The maximum atomic E-state index is 14.6. The van der Waals surface area contributed by atoms with Crippen LogP contribution in [0.25, 0.3) is 10.9 Å². The topological polar surface area (TPSA) is 91.1 Å². The molecule has 0 aliphatic carbocycles. The Morgan fingerprint density at radius 2 is 2.12 bits per heavy atom. The Kier molecular flexibility index (Phi) is 6.58. The second-order valence-electron chi connectivity index (χ2n) is 9.28. The van der Waals surface area contributed by atoms with E-state index < -0.39 is 11.4 Å². The summed E-state index contributed by atoms with van der Waals surface area (Å²) < 4.78 is 20.1. The van der Waals surface area contributed by atoms with Crippen LogP contribution in [0.1, 0.15) is 50.8 Å². The van der Waals surface area contributed by atoms with Gasteiger partial charge < -0.3 is 15.0 Å². The van der Waals surface area contributed by atoms with Crippen molar-refractivity contribution in [2.45, 2.75) is 45.1 Å². The lowest BCUT2D eigenvalue weighted by molar-refractivity contribution is 0.0197. The Morgan fingerprint density at radius 1 is 1.32 bits per heavy atom. The van der Waals surface area contributed by atoms with Crippen LogP contribution in [0.5, 0.6) is 0 Å². The van der Waals surface area contributed by atoms with Crippen molar-refractivity contribution < 1.29 is 13.9 Å². The molecule has 0 bridgehead atoms. The molecule has 1 atom stereocenters. The summed E-state index contributed by atoms with van der Waals surface area (Å²) in [5.74, 6) is -0.611. The molecule has 0 radical (unpaired) electrons. The molecule has 1 amide bonds. The number of hydrogen-bond donors (Lipinski definition) is 1. The lowest BCUT2D eigenvalue weighted by Gasteiger charge is -2.34. The van der Waals surface area contributed by atoms with E-state index in [1.54, 1.807) is 23.2 Å². The minimum absolute atomic E-state index is 0.00725. The third-order valence-corrected chi connectivity index (χ3v) is 5.89. The molecule has 1 aliphatic heterocycles. The van der Waals surface area contributed by atoms with Gasteiger partial charge in [-0.15, -0.1) is 0 Å². The zero-order valence-corrected chi connectivity index (χ0v) is 20.0. The molecule has 3 aromatic rings. The van der Waals surface area contributed by atoms with Gasteiger partial charge in [0.25, 0.3) is 0 Å². The monoisotopic (exact) mass is 481 g/mol. The molecular formula is C25H25ClFN5O2. The van der Waals surface area contributed by atoms with Crippen molar-refractivity contribution in [3.05, 3.63) is 58.8 Å². The number of amides is 1. The van der Waals surface area contributed by atoms with E-state index in [9.17, 15) is 14.4 Å². The van der Waals surface area contributed by atoms with Gasteiger partial charge in [0.15, 0.2) is 5.82 Å². The van der Waals surface area contributed by atoms with Gasteiger partial charge in [-0.25, -0.2) is 9.18 Å². The standard InChI is InChI=1S/C25H25ClFN5O2/c1-25(2,3)34-24(33)32-9-5-6-15(14-32)20-10-17-21(13-30-20)29-12-16(11-28)23(17)31-19-8-4-7-18(26)22(19)27/h4,7-8,10,12-13,15H,5-6,9,14H2,1-3H3,(H,29,31). The SMILES string of the molecule is CC(C)(C)OC(=O)N1CCCC(c2cc3c(Nc4cccc(Cl)c4F)c(C#N)cnc3cn2)C1. The Hall–Kier alpha value is -3.44. The number of likely N-dealkylation sites (tertiary alicyclic amines) is 1. The predicted octanol–water partition coefficient (Wildman–Crippen LogP) is 6.15. The summed E-state index contributed by atoms with van der Waals surface area (Å²) in [5.41, 5.74) is 1.62. The number of pyridine rings is 2. The molecule has 1 unspecified atom stereocenters. The Morgan fingerprint density at radius 3 is 2.85 bits per heavy atom. The summed E-state index contributed by atoms with van der Waals surface area (Å²) in [6.45, 7) is 6.63. The third kappa shape index (κ3) is 5.05. The number of carbonyl (C=O) groups excluding carboxylic acids is 1. The Labute approximate surface area is 202 Å². The van der Waals surface area contributed by atoms with Crippen molar-refractivity contribution in [2.24, 2.45) is 0 Å². The van der Waals surface area contributed by atoms with Crippen LogP contribution in [-0.2, 0) is 4.74 Å². The molecule has 1 aliphatic rings. The fourth-order valence-electron chi connectivity index (χ4n) is 4.00. The summed E-state index contributed by atoms with van der Waals surface area (Å²) in [6.07, 6.45) is 4.40. The van der Waals surface area contributed by atoms with E-state index in [1.807, 2.05) is 26.8 Å². The number of benzene rings is 1. The van der Waals surface area contributed by atoms with E-state index in [0.717, 1.165) is 18.5 Å². The molecular weight excluding hydrogens is 457 g/mol. The smallest absolute Gasteiger partial charge is 0.410 e. The van der Waals surface area contributed by atoms with E-state index in [4.69, 9.17) is 16.3 Å². The number of nitriles is 1. The fourth-order valence-corrected chi connectivity index (χ4v) is 4.17. The molecule has 176 valence electrons. The first-order valence-corrected chi connectivity index (χ1v) is 11.4. The van der Waals surface area contributed by atoms with Gasteiger partial charge in [0, 0.05) is 36.3 Å². The molecule has 1 N–H and O–H groups in total. The molecule has 34 heavy (non-hydrogen) atoms. The number of anilines is 2.